The lowest BCUT2D eigenvalue weighted by Crippen LogP contribution is -2.42. The van der Waals surface area contributed by atoms with Crippen molar-refractivity contribution in [1.82, 2.24) is 24.5 Å². The molecule has 10 heteroatoms. The number of carbonyl (C=O) groups excluding carboxylic acids is 1. The van der Waals surface area contributed by atoms with Crippen molar-refractivity contribution in [1.29, 1.82) is 0 Å². The van der Waals surface area contributed by atoms with Crippen molar-refractivity contribution < 1.29 is 14.3 Å². The molecule has 176 valence electrons. The third-order valence-corrected chi connectivity index (χ3v) is 5.92. The Balaban J connectivity index is 1.29. The second-order valence-electron chi connectivity index (χ2n) is 8.17. The Labute approximate surface area is 198 Å². The van der Waals surface area contributed by atoms with Crippen molar-refractivity contribution in [3.63, 3.8) is 0 Å². The smallest absolute Gasteiger partial charge is 0.239 e. The fourth-order valence-electron chi connectivity index (χ4n) is 3.76. The van der Waals surface area contributed by atoms with Crippen molar-refractivity contribution in [3.05, 3.63) is 58.5 Å². The molecule has 1 atom stereocenters. The van der Waals surface area contributed by atoms with Gasteiger partial charge in [0.05, 0.1) is 25.5 Å². The van der Waals surface area contributed by atoms with Crippen LogP contribution in [-0.4, -0.2) is 63.2 Å². The lowest BCUT2D eigenvalue weighted by molar-refractivity contribution is -0.119. The topological polar surface area (TPSA) is 86.4 Å². The van der Waals surface area contributed by atoms with E-state index in [1.54, 1.807) is 4.68 Å². The molecule has 1 amide bonds. The summed E-state index contributed by atoms with van der Waals surface area (Å²) in [7, 11) is 3.77. The Kier molecular flexibility index (Phi) is 7.32. The molecule has 1 fully saturated rings. The largest absolute Gasteiger partial charge is 0.493 e. The van der Waals surface area contributed by atoms with E-state index in [4.69, 9.17) is 21.1 Å². The minimum atomic E-state index is -0.180. The van der Waals surface area contributed by atoms with Crippen molar-refractivity contribution in [2.45, 2.75) is 19.4 Å². The van der Waals surface area contributed by atoms with Gasteiger partial charge in [-0.05, 0) is 37.3 Å². The second-order valence-corrected chi connectivity index (χ2v) is 8.61. The van der Waals surface area contributed by atoms with Crippen LogP contribution in [0, 0.1) is 6.92 Å². The van der Waals surface area contributed by atoms with Crippen LogP contribution in [0.2, 0.25) is 5.02 Å². The predicted octanol–water partition coefficient (Wildman–Crippen LogP) is 2.75. The lowest BCUT2D eigenvalue weighted by Gasteiger charge is -2.31. The van der Waals surface area contributed by atoms with Gasteiger partial charge in [0.2, 0.25) is 5.91 Å². The van der Waals surface area contributed by atoms with Crippen molar-refractivity contribution in [3.8, 4) is 5.75 Å². The number of anilines is 1. The van der Waals surface area contributed by atoms with Gasteiger partial charge in [-0.2, -0.15) is 10.2 Å². The molecule has 0 aliphatic carbocycles. The minimum Gasteiger partial charge on any atom is -0.493 e. The number of rotatable bonds is 8. The second kappa shape index (κ2) is 10.4. The van der Waals surface area contributed by atoms with Crippen molar-refractivity contribution in [2.75, 3.05) is 38.2 Å². The maximum atomic E-state index is 12.5. The van der Waals surface area contributed by atoms with Crippen LogP contribution < -0.4 is 10.1 Å². The molecule has 2 aromatic heterocycles. The van der Waals surface area contributed by atoms with Crippen LogP contribution in [0.3, 0.4) is 0 Å². The number of aryl methyl sites for hydroxylation is 3. The number of hydrogen-bond acceptors (Lipinski definition) is 6. The van der Waals surface area contributed by atoms with E-state index in [1.165, 1.54) is 0 Å². The molecule has 3 heterocycles. The molecule has 1 aliphatic heterocycles. The monoisotopic (exact) mass is 472 g/mol. The van der Waals surface area contributed by atoms with E-state index >= 15 is 0 Å². The standard InChI is InChI=1S/C23H29ClN6O3/c1-16-12-22(27-28(16)2)25-23(31)15-30-9-11-33-21(14-30)20-13-18(29(3)26-20)8-10-32-19-6-4-17(24)5-7-19/h4-7,12-13,21H,8-11,14-15H2,1-3H3,(H,25,27,31)/t21-/m0/s1. The number of nitrogens with zero attached hydrogens (tertiary/aromatic N) is 5. The Hall–Kier alpha value is -2.88. The van der Waals surface area contributed by atoms with Crippen LogP contribution in [0.15, 0.2) is 36.4 Å². The molecule has 9 nitrogen and oxygen atoms in total. The van der Waals surface area contributed by atoms with Crippen LogP contribution in [0.5, 0.6) is 5.75 Å². The molecular weight excluding hydrogens is 444 g/mol. The van der Waals surface area contributed by atoms with Gasteiger partial charge >= 0.3 is 0 Å². The molecule has 0 unspecified atom stereocenters. The first-order valence-corrected chi connectivity index (χ1v) is 11.3. The maximum Gasteiger partial charge on any atom is 0.239 e. The molecule has 0 bridgehead atoms. The number of aromatic nitrogens is 4. The lowest BCUT2D eigenvalue weighted by atomic mass is 10.2. The molecule has 1 N–H and O–H groups in total. The third-order valence-electron chi connectivity index (χ3n) is 5.67. The quantitative estimate of drug-likeness (QED) is 0.542. The zero-order valence-corrected chi connectivity index (χ0v) is 19.9. The summed E-state index contributed by atoms with van der Waals surface area (Å²) < 4.78 is 15.4. The summed E-state index contributed by atoms with van der Waals surface area (Å²) in [5, 5.41) is 12.5. The molecule has 1 aliphatic rings. The van der Waals surface area contributed by atoms with Gasteiger partial charge in [0.25, 0.3) is 0 Å². The van der Waals surface area contributed by atoms with Crippen LogP contribution >= 0.6 is 11.6 Å². The van der Waals surface area contributed by atoms with E-state index in [9.17, 15) is 4.79 Å². The van der Waals surface area contributed by atoms with Gasteiger partial charge in [-0.25, -0.2) is 0 Å². The highest BCUT2D eigenvalue weighted by Gasteiger charge is 2.26. The van der Waals surface area contributed by atoms with Gasteiger partial charge in [-0.3, -0.25) is 19.1 Å². The van der Waals surface area contributed by atoms with Crippen LogP contribution in [-0.2, 0) is 30.0 Å². The fraction of sp³-hybridized carbons (Fsp3) is 0.435. The van der Waals surface area contributed by atoms with Crippen LogP contribution in [0.25, 0.3) is 0 Å². The van der Waals surface area contributed by atoms with Crippen molar-refractivity contribution in [2.24, 2.45) is 14.1 Å². The molecule has 1 aromatic carbocycles. The summed E-state index contributed by atoms with van der Waals surface area (Å²) >= 11 is 5.91. The highest BCUT2D eigenvalue weighted by atomic mass is 35.5. The van der Waals surface area contributed by atoms with E-state index in [0.29, 0.717) is 43.6 Å². The zero-order valence-electron chi connectivity index (χ0n) is 19.1. The number of carbonyl (C=O) groups is 1. The molecule has 33 heavy (non-hydrogen) atoms. The SMILES string of the molecule is Cc1cc(NC(=O)CN2CCO[C@H](c3cc(CCOc4ccc(Cl)cc4)n(C)n3)C2)nn1C. The van der Waals surface area contributed by atoms with E-state index in [2.05, 4.69) is 26.5 Å². The highest BCUT2D eigenvalue weighted by Crippen LogP contribution is 2.22. The van der Waals surface area contributed by atoms with Gasteiger partial charge in [-0.1, -0.05) is 11.6 Å². The fourth-order valence-corrected chi connectivity index (χ4v) is 3.88. The summed E-state index contributed by atoms with van der Waals surface area (Å²) in [6.07, 6.45) is 0.537. The van der Waals surface area contributed by atoms with Gasteiger partial charge < -0.3 is 14.8 Å². The molecule has 4 rings (SSSR count). The molecule has 1 saturated heterocycles. The zero-order chi connectivity index (χ0) is 23.4. The number of ether oxygens (including phenoxy) is 2. The number of amides is 1. The number of hydrogen-bond donors (Lipinski definition) is 1. The normalized spacial score (nSPS) is 16.7. The summed E-state index contributed by atoms with van der Waals surface area (Å²) in [5.74, 6) is 1.27. The summed E-state index contributed by atoms with van der Waals surface area (Å²) in [6, 6.07) is 11.2. The number of nitrogens with one attached hydrogen (secondary N) is 1. The Morgan fingerprint density at radius 2 is 2.00 bits per heavy atom. The summed E-state index contributed by atoms with van der Waals surface area (Å²) in [4.78, 5) is 14.6. The maximum absolute atomic E-state index is 12.5. The van der Waals surface area contributed by atoms with Gasteiger partial charge in [-0.15, -0.1) is 0 Å². The average molecular weight is 473 g/mol. The first kappa shape index (κ1) is 23.3. The molecule has 0 saturated carbocycles. The first-order chi connectivity index (χ1) is 15.9. The first-order valence-electron chi connectivity index (χ1n) is 10.9. The number of morpholine rings is 1. The van der Waals surface area contributed by atoms with Gasteiger partial charge in [0.1, 0.15) is 11.9 Å². The third kappa shape index (κ3) is 6.13. The summed E-state index contributed by atoms with van der Waals surface area (Å²) in [5.41, 5.74) is 2.91. The molecular formula is C23H29ClN6O3. The van der Waals surface area contributed by atoms with E-state index < -0.39 is 0 Å². The van der Waals surface area contributed by atoms with Gasteiger partial charge in [0, 0.05) is 56.1 Å². The number of benzene rings is 1. The van der Waals surface area contributed by atoms with E-state index in [1.807, 2.05) is 56.0 Å². The number of halogens is 1. The molecule has 0 radical (unpaired) electrons. The summed E-state index contributed by atoms with van der Waals surface area (Å²) in [6.45, 7) is 4.61. The van der Waals surface area contributed by atoms with Gasteiger partial charge in [0.15, 0.2) is 5.82 Å². The molecule has 3 aromatic rings. The Bertz CT molecular complexity index is 1070. The van der Waals surface area contributed by atoms with Crippen LogP contribution in [0.1, 0.15) is 23.2 Å². The molecule has 0 spiro atoms. The predicted molar refractivity (Wildman–Crippen MR) is 126 cm³/mol. The van der Waals surface area contributed by atoms with E-state index in [0.717, 1.165) is 22.8 Å². The van der Waals surface area contributed by atoms with E-state index in [-0.39, 0.29) is 18.6 Å². The highest BCUT2D eigenvalue weighted by molar-refractivity contribution is 6.30. The van der Waals surface area contributed by atoms with Crippen molar-refractivity contribution >= 4 is 23.3 Å². The minimum absolute atomic E-state index is 0.0881. The Morgan fingerprint density at radius 1 is 1.21 bits per heavy atom. The van der Waals surface area contributed by atoms with Crippen LogP contribution in [0.4, 0.5) is 5.82 Å². The Morgan fingerprint density at radius 3 is 2.73 bits per heavy atom. The average Bonchev–Trinajstić information content (AvgIpc) is 3.30.